The minimum Gasteiger partial charge on any atom is -0.459 e. The lowest BCUT2D eigenvalue weighted by atomic mass is 10.00. The van der Waals surface area contributed by atoms with E-state index < -0.39 is 11.9 Å². The Hall–Kier alpha value is -3.92. The highest BCUT2D eigenvalue weighted by atomic mass is 32.1. The third kappa shape index (κ3) is 5.49. The summed E-state index contributed by atoms with van der Waals surface area (Å²) in [4.78, 5) is 9.81. The average molecular weight is 510 g/mol. The van der Waals surface area contributed by atoms with Gasteiger partial charge in [0.05, 0.1) is 6.54 Å². The third-order valence-electron chi connectivity index (χ3n) is 5.83. The molecule has 0 saturated heterocycles. The number of anilines is 2. The Morgan fingerprint density at radius 2 is 1.72 bits per heavy atom. The van der Waals surface area contributed by atoms with E-state index in [2.05, 4.69) is 20.6 Å². The van der Waals surface area contributed by atoms with Crippen molar-refractivity contribution >= 4 is 29.1 Å². The van der Waals surface area contributed by atoms with E-state index in [9.17, 15) is 13.2 Å². The number of fused-ring (bicyclic) bond motifs is 1. The van der Waals surface area contributed by atoms with Gasteiger partial charge in [-0.05, 0) is 41.9 Å². The summed E-state index contributed by atoms with van der Waals surface area (Å²) >= 11 is 5.29. The second kappa shape index (κ2) is 9.98. The summed E-state index contributed by atoms with van der Waals surface area (Å²) in [6.45, 7) is 1.26. The van der Waals surface area contributed by atoms with Crippen LogP contribution in [0.2, 0.25) is 0 Å². The Morgan fingerprint density at radius 1 is 0.972 bits per heavy atom. The molecule has 6 nitrogen and oxygen atoms in total. The van der Waals surface area contributed by atoms with Gasteiger partial charge in [0.25, 0.3) is 0 Å². The predicted octanol–water partition coefficient (Wildman–Crippen LogP) is 5.80. The van der Waals surface area contributed by atoms with Gasteiger partial charge in [-0.25, -0.2) is 4.98 Å². The molecule has 0 amide bonds. The van der Waals surface area contributed by atoms with Crippen LogP contribution in [0.15, 0.2) is 77.2 Å². The zero-order chi connectivity index (χ0) is 25.1. The van der Waals surface area contributed by atoms with Crippen LogP contribution < -0.4 is 15.5 Å². The molecule has 36 heavy (non-hydrogen) atoms. The zero-order valence-corrected chi connectivity index (χ0v) is 19.9. The van der Waals surface area contributed by atoms with Crippen LogP contribution in [0, 0.1) is 0 Å². The molecule has 2 aromatic heterocycles. The van der Waals surface area contributed by atoms with E-state index >= 15 is 0 Å². The smallest absolute Gasteiger partial charge is 0.433 e. The van der Waals surface area contributed by atoms with Crippen molar-refractivity contribution in [1.29, 1.82) is 0 Å². The molecule has 0 unspecified atom stereocenters. The molecular formula is C26H22F3N5OS. The number of benzene rings is 2. The number of rotatable bonds is 5. The van der Waals surface area contributed by atoms with Crippen molar-refractivity contribution in [3.63, 3.8) is 0 Å². The maximum absolute atomic E-state index is 13.6. The first-order chi connectivity index (χ1) is 17.3. The molecule has 184 valence electrons. The molecule has 5 rings (SSSR count). The van der Waals surface area contributed by atoms with E-state index in [1.54, 1.807) is 0 Å². The summed E-state index contributed by atoms with van der Waals surface area (Å²) in [7, 11) is 0. The number of halogens is 3. The monoisotopic (exact) mass is 509 g/mol. The molecular weight excluding hydrogens is 487 g/mol. The van der Waals surface area contributed by atoms with Crippen LogP contribution in [0.25, 0.3) is 11.3 Å². The Morgan fingerprint density at radius 3 is 2.50 bits per heavy atom. The predicted molar refractivity (Wildman–Crippen MR) is 135 cm³/mol. The van der Waals surface area contributed by atoms with Crippen LogP contribution in [-0.2, 0) is 25.7 Å². The first-order valence-electron chi connectivity index (χ1n) is 11.3. The topological polar surface area (TPSA) is 66.2 Å². The fourth-order valence-corrected chi connectivity index (χ4v) is 4.20. The molecule has 0 fully saturated rings. The molecule has 1 aliphatic rings. The van der Waals surface area contributed by atoms with E-state index in [0.717, 1.165) is 23.6 Å². The van der Waals surface area contributed by atoms with Gasteiger partial charge in [0, 0.05) is 24.7 Å². The van der Waals surface area contributed by atoms with E-state index in [4.69, 9.17) is 16.6 Å². The van der Waals surface area contributed by atoms with Gasteiger partial charge < -0.3 is 20.0 Å². The van der Waals surface area contributed by atoms with Crippen LogP contribution in [-0.4, -0.2) is 21.6 Å². The second-order valence-corrected chi connectivity index (χ2v) is 8.72. The van der Waals surface area contributed by atoms with Crippen LogP contribution in [0.1, 0.15) is 22.6 Å². The Labute approximate surface area is 211 Å². The summed E-state index contributed by atoms with van der Waals surface area (Å²) in [5.74, 6) is 1.30. The Kier molecular flexibility index (Phi) is 6.60. The van der Waals surface area contributed by atoms with Crippen LogP contribution in [0.3, 0.4) is 0 Å². The van der Waals surface area contributed by atoms with Crippen LogP contribution in [0.4, 0.5) is 24.9 Å². The van der Waals surface area contributed by atoms with Gasteiger partial charge in [-0.2, -0.15) is 18.2 Å². The van der Waals surface area contributed by atoms with E-state index in [1.165, 1.54) is 5.56 Å². The number of nitrogens with zero attached hydrogens (tertiary/aromatic N) is 3. The van der Waals surface area contributed by atoms with E-state index in [1.807, 2.05) is 71.6 Å². The summed E-state index contributed by atoms with van der Waals surface area (Å²) in [5.41, 5.74) is 2.16. The summed E-state index contributed by atoms with van der Waals surface area (Å²) in [6.07, 6.45) is -3.91. The molecule has 0 atom stereocenters. The van der Waals surface area contributed by atoms with Crippen molar-refractivity contribution in [3.8, 4) is 11.3 Å². The van der Waals surface area contributed by atoms with Gasteiger partial charge in [0.1, 0.15) is 17.3 Å². The van der Waals surface area contributed by atoms with Gasteiger partial charge in [-0.15, -0.1) is 0 Å². The highest BCUT2D eigenvalue weighted by Gasteiger charge is 2.34. The minimum absolute atomic E-state index is 0.0851. The molecule has 10 heteroatoms. The highest BCUT2D eigenvalue weighted by molar-refractivity contribution is 7.80. The van der Waals surface area contributed by atoms with E-state index in [-0.39, 0.29) is 23.4 Å². The lowest BCUT2D eigenvalue weighted by Gasteiger charge is -2.30. The fourth-order valence-electron chi connectivity index (χ4n) is 4.03. The fraction of sp³-hybridized carbons (Fsp3) is 0.192. The van der Waals surface area contributed by atoms with Crippen molar-refractivity contribution in [2.45, 2.75) is 25.7 Å². The number of hydrogen-bond donors (Lipinski definition) is 2. The SMILES string of the molecule is FC(F)(F)c1cc(N2CCc3ccccc3C2)nc(NC(=S)NCc2ccc(-c3ccccc3)o2)n1. The number of hydrogen-bond acceptors (Lipinski definition) is 5. The van der Waals surface area contributed by atoms with Crippen molar-refractivity contribution < 1.29 is 17.6 Å². The largest absolute Gasteiger partial charge is 0.459 e. The van der Waals surface area contributed by atoms with Gasteiger partial charge in [-0.1, -0.05) is 54.6 Å². The second-order valence-electron chi connectivity index (χ2n) is 8.31. The van der Waals surface area contributed by atoms with Gasteiger partial charge >= 0.3 is 6.18 Å². The summed E-state index contributed by atoms with van der Waals surface area (Å²) in [6, 6.07) is 22.2. The first-order valence-corrected chi connectivity index (χ1v) is 11.7. The molecule has 4 aromatic rings. The molecule has 2 N–H and O–H groups in total. The molecule has 0 spiro atoms. The number of nitrogens with one attached hydrogen (secondary N) is 2. The van der Waals surface area contributed by atoms with Crippen LogP contribution >= 0.6 is 12.2 Å². The lowest BCUT2D eigenvalue weighted by molar-refractivity contribution is -0.141. The molecule has 0 aliphatic carbocycles. The van der Waals surface area contributed by atoms with Crippen molar-refractivity contribution in [3.05, 3.63) is 95.4 Å². The highest BCUT2D eigenvalue weighted by Crippen LogP contribution is 2.32. The number of thiocarbonyl (C=S) groups is 1. The third-order valence-corrected chi connectivity index (χ3v) is 6.07. The van der Waals surface area contributed by atoms with Gasteiger partial charge in [0.15, 0.2) is 10.8 Å². The summed E-state index contributed by atoms with van der Waals surface area (Å²) in [5, 5.41) is 5.71. The number of aromatic nitrogens is 2. The normalized spacial score (nSPS) is 13.2. The molecule has 0 bridgehead atoms. The molecule has 1 aliphatic heterocycles. The quantitative estimate of drug-likeness (QED) is 0.330. The standard InChI is InChI=1S/C26H22F3N5OS/c27-26(28,29)22-14-23(34-13-12-17-6-4-5-9-19(17)16-34)32-24(31-22)33-25(36)30-15-20-10-11-21(35-20)18-7-2-1-3-8-18/h1-11,14H,12-13,15-16H2,(H2,30,31,32,33,36). The lowest BCUT2D eigenvalue weighted by Crippen LogP contribution is -2.33. The number of alkyl halides is 3. The molecule has 2 aromatic carbocycles. The first kappa shape index (κ1) is 23.8. The maximum atomic E-state index is 13.6. The zero-order valence-electron chi connectivity index (χ0n) is 19.0. The Bertz CT molecular complexity index is 1370. The van der Waals surface area contributed by atoms with E-state index in [0.29, 0.717) is 24.6 Å². The minimum atomic E-state index is -4.63. The molecule has 0 saturated carbocycles. The van der Waals surface area contributed by atoms with Gasteiger partial charge in [-0.3, -0.25) is 0 Å². The van der Waals surface area contributed by atoms with Gasteiger partial charge in [0.2, 0.25) is 5.95 Å². The maximum Gasteiger partial charge on any atom is 0.433 e. The molecule has 0 radical (unpaired) electrons. The summed E-state index contributed by atoms with van der Waals surface area (Å²) < 4.78 is 46.6. The number of furan rings is 1. The van der Waals surface area contributed by atoms with Crippen molar-refractivity contribution in [1.82, 2.24) is 15.3 Å². The molecule has 3 heterocycles. The van der Waals surface area contributed by atoms with Crippen molar-refractivity contribution in [2.24, 2.45) is 0 Å². The Balaban J connectivity index is 1.29. The van der Waals surface area contributed by atoms with Crippen LogP contribution in [0.5, 0.6) is 0 Å². The van der Waals surface area contributed by atoms with Crippen molar-refractivity contribution in [2.75, 3.05) is 16.8 Å². The average Bonchev–Trinajstić information content (AvgIpc) is 3.36.